The Morgan fingerprint density at radius 1 is 1.18 bits per heavy atom. The molecule has 0 bridgehead atoms. The van der Waals surface area contributed by atoms with Gasteiger partial charge >= 0.3 is 0 Å². The van der Waals surface area contributed by atoms with Crippen molar-refractivity contribution in [2.75, 3.05) is 33.4 Å². The largest absolute Gasteiger partial charge is 0.492 e. The Hall–Kier alpha value is -3.16. The highest BCUT2D eigenvalue weighted by Crippen LogP contribution is 2.17. The summed E-state index contributed by atoms with van der Waals surface area (Å²) in [7, 11) is 2.15. The van der Waals surface area contributed by atoms with Crippen LogP contribution in [-0.4, -0.2) is 60.0 Å². The normalized spacial score (nSPS) is 14.3. The number of benzene rings is 2. The molecule has 4 rings (SSSR count). The summed E-state index contributed by atoms with van der Waals surface area (Å²) in [6.07, 6.45) is 4.52. The van der Waals surface area contributed by atoms with E-state index in [1.165, 1.54) is 0 Å². The van der Waals surface area contributed by atoms with E-state index in [1.807, 2.05) is 66.2 Å². The highest BCUT2D eigenvalue weighted by molar-refractivity contribution is 5.95. The number of para-hydroxylation sites is 1. The molecule has 7 heteroatoms. The number of hydrogen-bond acceptors (Lipinski definition) is 5. The van der Waals surface area contributed by atoms with Crippen LogP contribution in [0.4, 0.5) is 0 Å². The Morgan fingerprint density at radius 2 is 1.97 bits per heavy atom. The van der Waals surface area contributed by atoms with Gasteiger partial charge in [0, 0.05) is 32.3 Å². The molecule has 1 saturated heterocycles. The van der Waals surface area contributed by atoms with Gasteiger partial charge in [0.25, 0.3) is 5.91 Å². The van der Waals surface area contributed by atoms with E-state index in [0.717, 1.165) is 55.3 Å². The van der Waals surface area contributed by atoms with Gasteiger partial charge in [-0.05, 0) is 56.1 Å². The van der Waals surface area contributed by atoms with Gasteiger partial charge in [-0.1, -0.05) is 37.3 Å². The number of likely N-dealkylation sites (N-methyl/N-ethyl adjacent to an activating group) is 1. The minimum Gasteiger partial charge on any atom is -0.492 e. The number of amides is 1. The average molecular weight is 463 g/mol. The quantitative estimate of drug-likeness (QED) is 0.496. The van der Waals surface area contributed by atoms with Crippen molar-refractivity contribution >= 4 is 5.91 Å². The van der Waals surface area contributed by atoms with Crippen molar-refractivity contribution in [3.05, 3.63) is 77.6 Å². The number of carbonyl (C=O) groups is 1. The zero-order chi connectivity index (χ0) is 23.8. The second kappa shape index (κ2) is 11.8. The second-order valence-electron chi connectivity index (χ2n) is 8.61. The van der Waals surface area contributed by atoms with E-state index >= 15 is 0 Å². The molecule has 2 aromatic carbocycles. The van der Waals surface area contributed by atoms with Gasteiger partial charge in [0.05, 0.1) is 23.1 Å². The lowest BCUT2D eigenvalue weighted by molar-refractivity contribution is 0.0392. The van der Waals surface area contributed by atoms with E-state index in [2.05, 4.69) is 22.4 Å². The summed E-state index contributed by atoms with van der Waals surface area (Å²) in [6.45, 7) is 5.65. The Bertz CT molecular complexity index is 1060. The average Bonchev–Trinajstić information content (AvgIpc) is 3.33. The van der Waals surface area contributed by atoms with Gasteiger partial charge in [0.1, 0.15) is 12.4 Å². The molecule has 1 aliphatic rings. The summed E-state index contributed by atoms with van der Waals surface area (Å²) in [5.41, 5.74) is 3.45. The summed E-state index contributed by atoms with van der Waals surface area (Å²) in [5, 5.41) is 7.49. The van der Waals surface area contributed by atoms with Crippen LogP contribution in [0, 0.1) is 0 Å². The highest BCUT2D eigenvalue weighted by Gasteiger charge is 2.18. The maximum Gasteiger partial charge on any atom is 0.255 e. The van der Waals surface area contributed by atoms with E-state index in [-0.39, 0.29) is 5.91 Å². The maximum absolute atomic E-state index is 12.9. The molecule has 1 N–H and O–H groups in total. The molecule has 1 aliphatic heterocycles. The van der Waals surface area contributed by atoms with Gasteiger partial charge in [0.15, 0.2) is 0 Å². The molecule has 34 heavy (non-hydrogen) atoms. The molecule has 3 aromatic rings. The molecule has 1 aromatic heterocycles. The number of hydrogen-bond donors (Lipinski definition) is 1. The first kappa shape index (κ1) is 24.0. The van der Waals surface area contributed by atoms with E-state index in [9.17, 15) is 4.79 Å². The van der Waals surface area contributed by atoms with Crippen molar-refractivity contribution in [1.29, 1.82) is 0 Å². The van der Waals surface area contributed by atoms with Gasteiger partial charge < -0.3 is 14.8 Å². The molecule has 0 atom stereocenters. The predicted octanol–water partition coefficient (Wildman–Crippen LogP) is 3.85. The van der Waals surface area contributed by atoms with Gasteiger partial charge in [-0.15, -0.1) is 0 Å². The third-order valence-electron chi connectivity index (χ3n) is 6.33. The van der Waals surface area contributed by atoms with Crippen LogP contribution in [-0.2, 0) is 17.7 Å². The van der Waals surface area contributed by atoms with Crippen molar-refractivity contribution in [2.24, 2.45) is 0 Å². The number of nitrogens with one attached hydrogen (secondary N) is 1. The van der Waals surface area contributed by atoms with Crippen molar-refractivity contribution in [3.63, 3.8) is 0 Å². The van der Waals surface area contributed by atoms with Crippen LogP contribution in [0.5, 0.6) is 5.75 Å². The smallest absolute Gasteiger partial charge is 0.255 e. The molecular weight excluding hydrogens is 428 g/mol. The fourth-order valence-electron chi connectivity index (χ4n) is 4.33. The lowest BCUT2D eigenvalue weighted by atomic mass is 10.1. The van der Waals surface area contributed by atoms with Crippen molar-refractivity contribution in [2.45, 2.75) is 38.8 Å². The summed E-state index contributed by atoms with van der Waals surface area (Å²) in [5.74, 6) is 0.696. The predicted molar refractivity (Wildman–Crippen MR) is 133 cm³/mol. The SMILES string of the molecule is CCc1c(C(=O)NCc2cccc(OCCN(C)C3CCOCC3)c2)cnn1-c1ccccc1. The summed E-state index contributed by atoms with van der Waals surface area (Å²) >= 11 is 0. The number of rotatable bonds is 10. The van der Waals surface area contributed by atoms with Crippen molar-refractivity contribution < 1.29 is 14.3 Å². The van der Waals surface area contributed by atoms with Crippen LogP contribution >= 0.6 is 0 Å². The molecule has 1 amide bonds. The second-order valence-corrected chi connectivity index (χ2v) is 8.61. The number of nitrogens with zero attached hydrogens (tertiary/aromatic N) is 3. The van der Waals surface area contributed by atoms with E-state index in [0.29, 0.717) is 31.2 Å². The number of ether oxygens (including phenoxy) is 2. The van der Waals surface area contributed by atoms with Crippen LogP contribution < -0.4 is 10.1 Å². The van der Waals surface area contributed by atoms with Gasteiger partial charge in [-0.3, -0.25) is 9.69 Å². The summed E-state index contributed by atoms with van der Waals surface area (Å²) in [4.78, 5) is 15.3. The lowest BCUT2D eigenvalue weighted by Crippen LogP contribution is -2.38. The van der Waals surface area contributed by atoms with Crippen LogP contribution in [0.1, 0.15) is 41.4 Å². The zero-order valence-electron chi connectivity index (χ0n) is 20.1. The molecule has 180 valence electrons. The van der Waals surface area contributed by atoms with E-state index in [1.54, 1.807) is 6.20 Å². The third kappa shape index (κ3) is 6.04. The molecule has 7 nitrogen and oxygen atoms in total. The van der Waals surface area contributed by atoms with Gasteiger partial charge in [-0.2, -0.15) is 5.10 Å². The standard InChI is InChI=1S/C27H34N4O3/c1-3-26-25(20-29-31(26)23-9-5-4-6-10-23)27(32)28-19-21-8-7-11-24(18-21)34-17-14-30(2)22-12-15-33-16-13-22/h4-11,18,20,22H,3,12-17,19H2,1-2H3,(H,28,32). The number of aromatic nitrogens is 2. The lowest BCUT2D eigenvalue weighted by Gasteiger charge is -2.31. The molecule has 0 spiro atoms. The fourth-order valence-corrected chi connectivity index (χ4v) is 4.33. The minimum absolute atomic E-state index is 0.122. The molecule has 0 aliphatic carbocycles. The van der Waals surface area contributed by atoms with Crippen LogP contribution in [0.2, 0.25) is 0 Å². The van der Waals surface area contributed by atoms with Gasteiger partial charge in [-0.25, -0.2) is 4.68 Å². The Balaban J connectivity index is 1.30. The Morgan fingerprint density at radius 3 is 2.74 bits per heavy atom. The van der Waals surface area contributed by atoms with Crippen molar-refractivity contribution in [3.8, 4) is 11.4 Å². The van der Waals surface area contributed by atoms with E-state index < -0.39 is 0 Å². The topological polar surface area (TPSA) is 68.6 Å². The first-order valence-corrected chi connectivity index (χ1v) is 12.1. The first-order chi connectivity index (χ1) is 16.7. The van der Waals surface area contributed by atoms with Crippen LogP contribution in [0.15, 0.2) is 60.8 Å². The number of carbonyl (C=O) groups excluding carboxylic acids is 1. The first-order valence-electron chi connectivity index (χ1n) is 12.1. The molecular formula is C27H34N4O3. The van der Waals surface area contributed by atoms with E-state index in [4.69, 9.17) is 9.47 Å². The molecule has 0 unspecified atom stereocenters. The Labute approximate surface area is 201 Å². The van der Waals surface area contributed by atoms with Gasteiger partial charge in [0.2, 0.25) is 0 Å². The zero-order valence-corrected chi connectivity index (χ0v) is 20.1. The monoisotopic (exact) mass is 462 g/mol. The fraction of sp³-hybridized carbons (Fsp3) is 0.407. The third-order valence-corrected chi connectivity index (χ3v) is 6.33. The summed E-state index contributed by atoms with van der Waals surface area (Å²) < 4.78 is 13.3. The molecule has 1 fully saturated rings. The molecule has 2 heterocycles. The van der Waals surface area contributed by atoms with Crippen LogP contribution in [0.3, 0.4) is 0 Å². The van der Waals surface area contributed by atoms with Crippen LogP contribution in [0.25, 0.3) is 5.69 Å². The minimum atomic E-state index is -0.122. The van der Waals surface area contributed by atoms with Crippen molar-refractivity contribution in [1.82, 2.24) is 20.0 Å². The summed E-state index contributed by atoms with van der Waals surface area (Å²) in [6, 6.07) is 18.3. The maximum atomic E-state index is 12.9. The molecule has 0 radical (unpaired) electrons. The molecule has 0 saturated carbocycles. The Kier molecular flexibility index (Phi) is 8.33. The highest BCUT2D eigenvalue weighted by atomic mass is 16.5.